The lowest BCUT2D eigenvalue weighted by Gasteiger charge is -2.14. The molecular formula is C15H23NO3S. The number of benzene rings is 1. The fourth-order valence-electron chi connectivity index (χ4n) is 2.53. The van der Waals surface area contributed by atoms with Crippen LogP contribution in [0.4, 0.5) is 0 Å². The number of nitrogens with one attached hydrogen (secondary N) is 1. The van der Waals surface area contributed by atoms with Gasteiger partial charge in [-0.25, -0.2) is 8.42 Å². The van der Waals surface area contributed by atoms with E-state index in [1.54, 1.807) is 0 Å². The Morgan fingerprint density at radius 2 is 2.05 bits per heavy atom. The molecule has 1 fully saturated rings. The van der Waals surface area contributed by atoms with Gasteiger partial charge in [0.1, 0.15) is 12.4 Å². The first kappa shape index (κ1) is 15.3. The van der Waals surface area contributed by atoms with E-state index >= 15 is 0 Å². The van der Waals surface area contributed by atoms with E-state index in [0.29, 0.717) is 25.3 Å². The van der Waals surface area contributed by atoms with Gasteiger partial charge in [0.25, 0.3) is 0 Å². The second-order valence-electron chi connectivity index (χ2n) is 5.61. The first-order chi connectivity index (χ1) is 9.37. The Morgan fingerprint density at radius 3 is 2.70 bits per heavy atom. The average molecular weight is 297 g/mol. The van der Waals surface area contributed by atoms with E-state index in [0.717, 1.165) is 5.75 Å². The molecule has 0 bridgehead atoms. The molecule has 20 heavy (non-hydrogen) atoms. The molecule has 4 nitrogen and oxygen atoms in total. The van der Waals surface area contributed by atoms with E-state index in [-0.39, 0.29) is 11.8 Å². The summed E-state index contributed by atoms with van der Waals surface area (Å²) in [6.45, 7) is 7.42. The highest BCUT2D eigenvalue weighted by molar-refractivity contribution is 7.91. The minimum absolute atomic E-state index is 0.0870. The van der Waals surface area contributed by atoms with Gasteiger partial charge in [-0.2, -0.15) is 0 Å². The molecule has 1 aliphatic rings. The first-order valence-corrected chi connectivity index (χ1v) is 8.84. The van der Waals surface area contributed by atoms with Gasteiger partial charge < -0.3 is 10.1 Å². The molecule has 1 aromatic rings. The maximum atomic E-state index is 11.3. The molecule has 1 saturated heterocycles. The molecule has 1 aromatic carbocycles. The molecule has 1 N–H and O–H groups in total. The van der Waals surface area contributed by atoms with Crippen LogP contribution in [0.15, 0.2) is 12.1 Å². The summed E-state index contributed by atoms with van der Waals surface area (Å²) < 4.78 is 28.5. The highest BCUT2D eigenvalue weighted by Gasteiger charge is 2.27. The molecule has 0 aromatic heterocycles. The van der Waals surface area contributed by atoms with Crippen molar-refractivity contribution in [3.63, 3.8) is 0 Å². The van der Waals surface area contributed by atoms with E-state index in [4.69, 9.17) is 4.74 Å². The Bertz CT molecular complexity index is 581. The van der Waals surface area contributed by atoms with Gasteiger partial charge in [0.15, 0.2) is 9.84 Å². The third-order valence-corrected chi connectivity index (χ3v) is 5.56. The van der Waals surface area contributed by atoms with Gasteiger partial charge in [-0.1, -0.05) is 6.07 Å². The molecule has 1 aliphatic heterocycles. The fraction of sp³-hybridized carbons (Fsp3) is 0.600. The van der Waals surface area contributed by atoms with Gasteiger partial charge in [0, 0.05) is 12.6 Å². The van der Waals surface area contributed by atoms with Crippen LogP contribution in [-0.2, 0) is 9.84 Å². The Labute approximate surface area is 121 Å². The van der Waals surface area contributed by atoms with E-state index in [1.807, 2.05) is 6.07 Å². The summed E-state index contributed by atoms with van der Waals surface area (Å²) in [5.74, 6) is 1.49. The largest absolute Gasteiger partial charge is 0.492 e. The minimum Gasteiger partial charge on any atom is -0.492 e. The lowest BCUT2D eigenvalue weighted by Crippen LogP contribution is -2.33. The van der Waals surface area contributed by atoms with Crippen molar-refractivity contribution in [2.24, 2.45) is 0 Å². The highest BCUT2D eigenvalue weighted by Crippen LogP contribution is 2.23. The highest BCUT2D eigenvalue weighted by atomic mass is 32.2. The van der Waals surface area contributed by atoms with Crippen LogP contribution in [-0.4, -0.2) is 39.1 Å². The van der Waals surface area contributed by atoms with Crippen molar-refractivity contribution in [1.82, 2.24) is 5.32 Å². The molecule has 0 spiro atoms. The molecule has 112 valence electrons. The topological polar surface area (TPSA) is 55.4 Å². The average Bonchev–Trinajstić information content (AvgIpc) is 2.70. The van der Waals surface area contributed by atoms with E-state index < -0.39 is 9.84 Å². The van der Waals surface area contributed by atoms with Crippen LogP contribution in [0, 0.1) is 20.8 Å². The molecule has 2 rings (SSSR count). The normalized spacial score (nSPS) is 21.1. The number of aryl methyl sites for hydroxylation is 2. The standard InChI is InChI=1S/C15H23NO3S/c1-11-8-12(2)13(3)15(9-11)19-6-5-16-14-4-7-20(17,18)10-14/h8-9,14,16H,4-7,10H2,1-3H3. The van der Waals surface area contributed by atoms with Gasteiger partial charge in [-0.3, -0.25) is 0 Å². The molecule has 0 radical (unpaired) electrons. The molecule has 1 atom stereocenters. The minimum atomic E-state index is -2.81. The van der Waals surface area contributed by atoms with E-state index in [9.17, 15) is 8.42 Å². The van der Waals surface area contributed by atoms with Gasteiger partial charge in [-0.05, 0) is 49.9 Å². The summed E-state index contributed by atoms with van der Waals surface area (Å²) in [6, 6.07) is 4.27. The molecule has 0 amide bonds. The second kappa shape index (κ2) is 6.14. The quantitative estimate of drug-likeness (QED) is 0.842. The maximum Gasteiger partial charge on any atom is 0.151 e. The number of rotatable bonds is 5. The zero-order valence-corrected chi connectivity index (χ0v) is 13.2. The zero-order valence-electron chi connectivity index (χ0n) is 12.4. The molecule has 5 heteroatoms. The van der Waals surface area contributed by atoms with Crippen molar-refractivity contribution in [3.05, 3.63) is 28.8 Å². The lowest BCUT2D eigenvalue weighted by atomic mass is 10.1. The van der Waals surface area contributed by atoms with Gasteiger partial charge in [-0.15, -0.1) is 0 Å². The summed E-state index contributed by atoms with van der Waals surface area (Å²) in [7, 11) is -2.81. The van der Waals surface area contributed by atoms with Crippen LogP contribution in [0.5, 0.6) is 5.75 Å². The monoisotopic (exact) mass is 297 g/mol. The molecule has 1 unspecified atom stereocenters. The number of sulfone groups is 1. The second-order valence-corrected chi connectivity index (χ2v) is 7.84. The fourth-order valence-corrected chi connectivity index (χ4v) is 4.24. The first-order valence-electron chi connectivity index (χ1n) is 7.02. The number of ether oxygens (including phenoxy) is 1. The summed E-state index contributed by atoms with van der Waals surface area (Å²) in [5, 5.41) is 3.25. The van der Waals surface area contributed by atoms with Crippen LogP contribution in [0.1, 0.15) is 23.1 Å². The van der Waals surface area contributed by atoms with Crippen LogP contribution < -0.4 is 10.1 Å². The van der Waals surface area contributed by atoms with E-state index in [2.05, 4.69) is 32.2 Å². The third kappa shape index (κ3) is 3.96. The Morgan fingerprint density at radius 1 is 1.30 bits per heavy atom. The Hall–Kier alpha value is -1.07. The number of hydrogen-bond donors (Lipinski definition) is 1. The van der Waals surface area contributed by atoms with Crippen molar-refractivity contribution in [1.29, 1.82) is 0 Å². The van der Waals surface area contributed by atoms with Crippen LogP contribution in [0.3, 0.4) is 0 Å². The predicted octanol–water partition coefficient (Wildman–Crippen LogP) is 1.77. The summed E-state index contributed by atoms with van der Waals surface area (Å²) in [5.41, 5.74) is 3.59. The summed E-state index contributed by atoms with van der Waals surface area (Å²) in [6.07, 6.45) is 0.713. The molecular weight excluding hydrogens is 274 g/mol. The van der Waals surface area contributed by atoms with Crippen molar-refractivity contribution in [2.45, 2.75) is 33.2 Å². The van der Waals surface area contributed by atoms with Gasteiger partial charge >= 0.3 is 0 Å². The van der Waals surface area contributed by atoms with E-state index in [1.165, 1.54) is 16.7 Å². The Balaban J connectivity index is 1.79. The lowest BCUT2D eigenvalue weighted by molar-refractivity contribution is 0.305. The van der Waals surface area contributed by atoms with Gasteiger partial charge in [0.05, 0.1) is 11.5 Å². The SMILES string of the molecule is Cc1cc(C)c(C)c(OCCNC2CCS(=O)(=O)C2)c1. The maximum absolute atomic E-state index is 11.3. The summed E-state index contributed by atoms with van der Waals surface area (Å²) >= 11 is 0. The van der Waals surface area contributed by atoms with Crippen LogP contribution in [0.25, 0.3) is 0 Å². The van der Waals surface area contributed by atoms with Crippen molar-refractivity contribution >= 4 is 9.84 Å². The zero-order chi connectivity index (χ0) is 14.8. The van der Waals surface area contributed by atoms with Crippen molar-refractivity contribution in [2.75, 3.05) is 24.7 Å². The molecule has 1 heterocycles. The predicted molar refractivity (Wildman–Crippen MR) is 81.2 cm³/mol. The Kier molecular flexibility index (Phi) is 4.70. The smallest absolute Gasteiger partial charge is 0.151 e. The number of hydrogen-bond acceptors (Lipinski definition) is 4. The molecule has 0 saturated carbocycles. The van der Waals surface area contributed by atoms with Crippen molar-refractivity contribution < 1.29 is 13.2 Å². The van der Waals surface area contributed by atoms with Crippen molar-refractivity contribution in [3.8, 4) is 5.75 Å². The van der Waals surface area contributed by atoms with Crippen LogP contribution >= 0.6 is 0 Å². The molecule has 0 aliphatic carbocycles. The third-order valence-electron chi connectivity index (χ3n) is 3.79. The van der Waals surface area contributed by atoms with Gasteiger partial charge in [0.2, 0.25) is 0 Å². The van der Waals surface area contributed by atoms with Crippen LogP contribution in [0.2, 0.25) is 0 Å². The summed E-state index contributed by atoms with van der Waals surface area (Å²) in [4.78, 5) is 0.